The lowest BCUT2D eigenvalue weighted by Crippen LogP contribution is -2.32. The summed E-state index contributed by atoms with van der Waals surface area (Å²) < 4.78 is 48.9. The van der Waals surface area contributed by atoms with Gasteiger partial charge in [-0.05, 0) is 47.5 Å². The highest BCUT2D eigenvalue weighted by atomic mass is 19.4. The Bertz CT molecular complexity index is 1750. The molecular formula is C28H22F3N5O3. The summed E-state index contributed by atoms with van der Waals surface area (Å²) in [7, 11) is 3.54. The molecule has 1 unspecified atom stereocenters. The molecule has 0 fully saturated rings. The predicted molar refractivity (Wildman–Crippen MR) is 139 cm³/mol. The molecule has 0 saturated carbocycles. The van der Waals surface area contributed by atoms with Crippen molar-refractivity contribution in [1.29, 1.82) is 0 Å². The van der Waals surface area contributed by atoms with Gasteiger partial charge >= 0.3 is 6.36 Å². The smallest absolute Gasteiger partial charge is 0.491 e. The van der Waals surface area contributed by atoms with Crippen molar-refractivity contribution in [2.75, 3.05) is 19.4 Å². The average molecular weight is 534 g/mol. The predicted octanol–water partition coefficient (Wildman–Crippen LogP) is 5.48. The number of halogens is 3. The molecule has 5 aromatic rings. The number of fused-ring (bicyclic) bond motifs is 4. The van der Waals surface area contributed by atoms with Crippen LogP contribution in [0.1, 0.15) is 22.0 Å². The normalized spacial score (nSPS) is 14.8. The molecule has 0 saturated heterocycles. The van der Waals surface area contributed by atoms with Gasteiger partial charge in [-0.25, -0.2) is 4.98 Å². The van der Waals surface area contributed by atoms with Crippen LogP contribution in [0, 0.1) is 0 Å². The Balaban J connectivity index is 1.26. The van der Waals surface area contributed by atoms with Crippen molar-refractivity contribution in [3.05, 3.63) is 78.0 Å². The number of aromatic nitrogens is 3. The van der Waals surface area contributed by atoms with Gasteiger partial charge < -0.3 is 20.1 Å². The first-order valence-electron chi connectivity index (χ1n) is 12.0. The monoisotopic (exact) mass is 533 g/mol. The maximum atomic E-state index is 13.5. The minimum absolute atomic E-state index is 0.185. The second kappa shape index (κ2) is 8.90. The standard InChI is InChI=1S/C28H22F3N5O3/c1-35(27(37)17-6-10-22-20(11-17)25-21(26(32)34-22)13-33-36(25)2)23-14-38-24-12-16(5-9-19(23)24)15-3-7-18(8-4-15)39-28(29,30)31/h3-13,23H,14H2,1-2H3,(H2,32,34). The SMILES string of the molecule is CN(C(=O)c1ccc2nc(N)c3cnn(C)c3c2c1)C1COc2cc(-c3ccc(OC(F)(F)F)cc3)ccc21. The van der Waals surface area contributed by atoms with Gasteiger partial charge in [0.15, 0.2) is 0 Å². The van der Waals surface area contributed by atoms with Crippen LogP contribution >= 0.6 is 0 Å². The molecule has 0 bridgehead atoms. The third kappa shape index (κ3) is 4.35. The highest BCUT2D eigenvalue weighted by molar-refractivity contribution is 6.10. The number of hydrogen-bond donors (Lipinski definition) is 1. The van der Waals surface area contributed by atoms with E-state index in [1.807, 2.05) is 25.2 Å². The first-order chi connectivity index (χ1) is 18.6. The van der Waals surface area contributed by atoms with Crippen LogP contribution in [-0.2, 0) is 7.05 Å². The van der Waals surface area contributed by atoms with Crippen molar-refractivity contribution in [2.45, 2.75) is 12.4 Å². The fourth-order valence-corrected chi connectivity index (χ4v) is 4.98. The third-order valence-corrected chi connectivity index (χ3v) is 6.93. The molecule has 1 aliphatic rings. The van der Waals surface area contributed by atoms with E-state index < -0.39 is 6.36 Å². The van der Waals surface area contributed by atoms with E-state index in [1.54, 1.807) is 53.2 Å². The summed E-state index contributed by atoms with van der Waals surface area (Å²) in [5, 5.41) is 5.78. The molecule has 8 nitrogen and oxygen atoms in total. The molecule has 3 heterocycles. The van der Waals surface area contributed by atoms with E-state index in [9.17, 15) is 18.0 Å². The second-order valence-electron chi connectivity index (χ2n) is 9.33. The average Bonchev–Trinajstić information content (AvgIpc) is 3.51. The van der Waals surface area contributed by atoms with E-state index in [0.29, 0.717) is 28.2 Å². The topological polar surface area (TPSA) is 95.5 Å². The number of nitrogens with zero attached hydrogens (tertiary/aromatic N) is 4. The second-order valence-corrected chi connectivity index (χ2v) is 9.33. The number of nitrogen functional groups attached to an aromatic ring is 1. The number of rotatable bonds is 4. The summed E-state index contributed by atoms with van der Waals surface area (Å²) in [6, 6.07) is 16.1. The summed E-state index contributed by atoms with van der Waals surface area (Å²) in [4.78, 5) is 19.6. The lowest BCUT2D eigenvalue weighted by Gasteiger charge is -2.24. The van der Waals surface area contributed by atoms with Crippen molar-refractivity contribution in [2.24, 2.45) is 7.05 Å². The van der Waals surface area contributed by atoms with Gasteiger partial charge in [-0.3, -0.25) is 9.48 Å². The molecule has 11 heteroatoms. The Labute approximate surface area is 220 Å². The van der Waals surface area contributed by atoms with Gasteiger partial charge in [-0.1, -0.05) is 24.3 Å². The molecule has 198 valence electrons. The molecular weight excluding hydrogens is 511 g/mol. The van der Waals surface area contributed by atoms with E-state index >= 15 is 0 Å². The Morgan fingerprint density at radius 2 is 1.82 bits per heavy atom. The zero-order valence-corrected chi connectivity index (χ0v) is 20.9. The number of likely N-dealkylation sites (N-methyl/N-ethyl adjacent to an activating group) is 1. The number of ether oxygens (including phenoxy) is 2. The van der Waals surface area contributed by atoms with Gasteiger partial charge in [0.2, 0.25) is 0 Å². The highest BCUT2D eigenvalue weighted by Gasteiger charge is 2.32. The first kappa shape index (κ1) is 24.5. The van der Waals surface area contributed by atoms with Crippen LogP contribution in [0.4, 0.5) is 19.0 Å². The Morgan fingerprint density at radius 3 is 2.56 bits per heavy atom. The van der Waals surface area contributed by atoms with Crippen LogP contribution in [0.25, 0.3) is 32.9 Å². The Kier molecular flexibility index (Phi) is 5.60. The number of nitrogens with two attached hydrogens (primary N) is 1. The lowest BCUT2D eigenvalue weighted by atomic mass is 10.00. The Hall–Kier alpha value is -4.80. The summed E-state index contributed by atoms with van der Waals surface area (Å²) in [5.74, 6) is 0.518. The molecule has 1 atom stereocenters. The Morgan fingerprint density at radius 1 is 1.08 bits per heavy atom. The van der Waals surface area contributed by atoms with E-state index in [-0.39, 0.29) is 24.3 Å². The molecule has 2 N–H and O–H groups in total. The number of carbonyl (C=O) groups is 1. The summed E-state index contributed by atoms with van der Waals surface area (Å²) in [6.45, 7) is 0.275. The van der Waals surface area contributed by atoms with Crippen LogP contribution in [-0.4, -0.2) is 45.6 Å². The van der Waals surface area contributed by atoms with Crippen molar-refractivity contribution in [3.8, 4) is 22.6 Å². The van der Waals surface area contributed by atoms with Crippen LogP contribution in [0.3, 0.4) is 0 Å². The van der Waals surface area contributed by atoms with E-state index in [4.69, 9.17) is 10.5 Å². The molecule has 0 spiro atoms. The van der Waals surface area contributed by atoms with Gasteiger partial charge in [0, 0.05) is 30.6 Å². The van der Waals surface area contributed by atoms with Gasteiger partial charge in [0.1, 0.15) is 23.9 Å². The number of carbonyl (C=O) groups excluding carboxylic acids is 1. The minimum atomic E-state index is -4.75. The van der Waals surface area contributed by atoms with Crippen LogP contribution < -0.4 is 15.2 Å². The summed E-state index contributed by atoms with van der Waals surface area (Å²) >= 11 is 0. The number of amides is 1. The summed E-state index contributed by atoms with van der Waals surface area (Å²) in [5.41, 5.74) is 10.4. The van der Waals surface area contributed by atoms with Crippen molar-refractivity contribution in [1.82, 2.24) is 19.7 Å². The molecule has 1 aliphatic heterocycles. The first-order valence-corrected chi connectivity index (χ1v) is 12.0. The third-order valence-electron chi connectivity index (χ3n) is 6.93. The number of benzene rings is 3. The van der Waals surface area contributed by atoms with Gasteiger partial charge in [-0.2, -0.15) is 5.10 Å². The van der Waals surface area contributed by atoms with E-state index in [2.05, 4.69) is 14.8 Å². The minimum Gasteiger partial charge on any atom is -0.491 e. The quantitative estimate of drug-likeness (QED) is 0.329. The number of aryl methyl sites for hydroxylation is 1. The molecule has 1 amide bonds. The largest absolute Gasteiger partial charge is 0.573 e. The molecule has 0 radical (unpaired) electrons. The molecule has 39 heavy (non-hydrogen) atoms. The molecule has 0 aliphatic carbocycles. The zero-order valence-electron chi connectivity index (χ0n) is 20.9. The zero-order chi connectivity index (χ0) is 27.5. The van der Waals surface area contributed by atoms with Crippen LogP contribution in [0.15, 0.2) is 66.9 Å². The van der Waals surface area contributed by atoms with Crippen molar-refractivity contribution in [3.63, 3.8) is 0 Å². The fourth-order valence-electron chi connectivity index (χ4n) is 4.98. The number of anilines is 1. The van der Waals surface area contributed by atoms with Gasteiger partial charge in [0.05, 0.1) is 28.7 Å². The maximum absolute atomic E-state index is 13.5. The van der Waals surface area contributed by atoms with Crippen molar-refractivity contribution < 1.29 is 27.4 Å². The van der Waals surface area contributed by atoms with Crippen molar-refractivity contribution >= 4 is 33.5 Å². The van der Waals surface area contributed by atoms with E-state index in [0.717, 1.165) is 27.4 Å². The lowest BCUT2D eigenvalue weighted by molar-refractivity contribution is -0.274. The maximum Gasteiger partial charge on any atom is 0.573 e. The number of pyridine rings is 1. The van der Waals surface area contributed by atoms with Crippen LogP contribution in [0.2, 0.25) is 0 Å². The molecule has 2 aromatic heterocycles. The van der Waals surface area contributed by atoms with E-state index in [1.165, 1.54) is 12.1 Å². The number of alkyl halides is 3. The molecule has 3 aromatic carbocycles. The number of hydrogen-bond acceptors (Lipinski definition) is 6. The van der Waals surface area contributed by atoms with Gasteiger partial charge in [0.25, 0.3) is 5.91 Å². The molecule has 6 rings (SSSR count). The van der Waals surface area contributed by atoms with Gasteiger partial charge in [-0.15, -0.1) is 13.2 Å². The van der Waals surface area contributed by atoms with Crippen LogP contribution in [0.5, 0.6) is 11.5 Å². The fraction of sp³-hybridized carbons (Fsp3) is 0.179. The highest BCUT2D eigenvalue weighted by Crippen LogP contribution is 2.39. The summed E-state index contributed by atoms with van der Waals surface area (Å²) in [6.07, 6.45) is -3.09.